The summed E-state index contributed by atoms with van der Waals surface area (Å²) in [6.45, 7) is 1.29. The van der Waals surface area contributed by atoms with E-state index in [9.17, 15) is 13.6 Å². The van der Waals surface area contributed by atoms with Crippen molar-refractivity contribution in [2.45, 2.75) is 12.8 Å². The molecule has 8 heteroatoms. The Morgan fingerprint density at radius 2 is 2.19 bits per heavy atom. The summed E-state index contributed by atoms with van der Waals surface area (Å²) in [6, 6.07) is 6.77. The lowest BCUT2D eigenvalue weighted by Gasteiger charge is -2.31. The van der Waals surface area contributed by atoms with Crippen molar-refractivity contribution in [2.75, 3.05) is 23.3 Å². The van der Waals surface area contributed by atoms with Crippen LogP contribution < -0.4 is 10.2 Å². The summed E-state index contributed by atoms with van der Waals surface area (Å²) < 4.78 is 27.0. The number of carbonyl (C=O) groups excluding carboxylic acids is 1. The van der Waals surface area contributed by atoms with Crippen molar-refractivity contribution in [3.8, 4) is 0 Å². The molecule has 1 aromatic carbocycles. The van der Waals surface area contributed by atoms with Gasteiger partial charge >= 0.3 is 0 Å². The molecule has 134 valence electrons. The molecule has 1 saturated heterocycles. The maximum atomic E-state index is 13.7. The first-order chi connectivity index (χ1) is 12.6. The van der Waals surface area contributed by atoms with Crippen molar-refractivity contribution < 1.29 is 13.6 Å². The third kappa shape index (κ3) is 3.37. The fraction of sp³-hybridized carbons (Fsp3) is 0.278. The minimum atomic E-state index is -0.648. The molecule has 2 aromatic heterocycles. The van der Waals surface area contributed by atoms with Crippen LogP contribution in [0, 0.1) is 17.6 Å². The molecule has 1 atom stereocenters. The summed E-state index contributed by atoms with van der Waals surface area (Å²) in [4.78, 5) is 24.3. The van der Waals surface area contributed by atoms with Gasteiger partial charge in [0.2, 0.25) is 5.91 Å². The van der Waals surface area contributed by atoms with Gasteiger partial charge in [-0.25, -0.2) is 18.7 Å². The third-order valence-electron chi connectivity index (χ3n) is 4.40. The molecule has 3 heterocycles. The van der Waals surface area contributed by atoms with Gasteiger partial charge in [-0.1, -0.05) is 11.3 Å². The molecule has 0 spiro atoms. The predicted octanol–water partition coefficient (Wildman–Crippen LogP) is 3.82. The number of anilines is 2. The van der Waals surface area contributed by atoms with E-state index in [1.165, 1.54) is 11.3 Å². The van der Waals surface area contributed by atoms with Crippen LogP contribution in [0.25, 0.3) is 10.3 Å². The topological polar surface area (TPSA) is 58.1 Å². The van der Waals surface area contributed by atoms with E-state index in [1.807, 2.05) is 12.1 Å². The van der Waals surface area contributed by atoms with E-state index in [1.54, 1.807) is 6.20 Å². The van der Waals surface area contributed by atoms with Gasteiger partial charge in [0.15, 0.2) is 5.13 Å². The number of benzene rings is 1. The fourth-order valence-corrected chi connectivity index (χ4v) is 4.03. The zero-order valence-electron chi connectivity index (χ0n) is 13.8. The van der Waals surface area contributed by atoms with Crippen molar-refractivity contribution in [1.29, 1.82) is 0 Å². The highest BCUT2D eigenvalue weighted by molar-refractivity contribution is 7.21. The number of rotatable bonds is 3. The molecule has 0 saturated carbocycles. The Labute approximate surface area is 152 Å². The zero-order chi connectivity index (χ0) is 18.1. The van der Waals surface area contributed by atoms with Crippen LogP contribution in [0.4, 0.5) is 19.6 Å². The fourth-order valence-electron chi connectivity index (χ4n) is 3.09. The lowest BCUT2D eigenvalue weighted by atomic mass is 9.97. The maximum absolute atomic E-state index is 13.7. The number of fused-ring (bicyclic) bond motifs is 1. The van der Waals surface area contributed by atoms with Gasteiger partial charge in [-0.3, -0.25) is 4.79 Å². The maximum Gasteiger partial charge on any atom is 0.229 e. The molecular weight excluding hydrogens is 358 g/mol. The van der Waals surface area contributed by atoms with Crippen LogP contribution in [0.3, 0.4) is 0 Å². The van der Waals surface area contributed by atoms with E-state index >= 15 is 0 Å². The number of hydrogen-bond donors (Lipinski definition) is 1. The lowest BCUT2D eigenvalue weighted by molar-refractivity contribution is -0.120. The SMILES string of the molecule is O=C(Nc1cc(F)ccc1F)C1CCCN(c2nc3cccnc3s2)C1. The normalized spacial score (nSPS) is 17.5. The Balaban J connectivity index is 1.49. The largest absolute Gasteiger partial charge is 0.347 e. The third-order valence-corrected chi connectivity index (χ3v) is 5.44. The molecule has 1 amide bonds. The van der Waals surface area contributed by atoms with Crippen molar-refractivity contribution in [2.24, 2.45) is 5.92 Å². The molecule has 5 nitrogen and oxygen atoms in total. The number of halogens is 2. The van der Waals surface area contributed by atoms with E-state index in [-0.39, 0.29) is 17.5 Å². The second kappa shape index (κ2) is 6.95. The molecule has 1 aliphatic heterocycles. The molecule has 3 aromatic rings. The minimum absolute atomic E-state index is 0.128. The van der Waals surface area contributed by atoms with Crippen LogP contribution in [0.15, 0.2) is 36.5 Å². The molecule has 1 N–H and O–H groups in total. The Morgan fingerprint density at radius 1 is 1.31 bits per heavy atom. The smallest absolute Gasteiger partial charge is 0.229 e. The van der Waals surface area contributed by atoms with Gasteiger partial charge in [-0.15, -0.1) is 0 Å². The van der Waals surface area contributed by atoms with Crippen molar-refractivity contribution >= 4 is 38.4 Å². The Kier molecular flexibility index (Phi) is 4.50. The summed E-state index contributed by atoms with van der Waals surface area (Å²) in [5, 5.41) is 3.34. The van der Waals surface area contributed by atoms with Gasteiger partial charge in [0, 0.05) is 25.4 Å². The first-order valence-electron chi connectivity index (χ1n) is 8.32. The molecular formula is C18H16F2N4OS. The average Bonchev–Trinajstić information content (AvgIpc) is 3.09. The molecule has 1 fully saturated rings. The van der Waals surface area contributed by atoms with Gasteiger partial charge in [0.1, 0.15) is 22.0 Å². The van der Waals surface area contributed by atoms with Crippen LogP contribution in [-0.4, -0.2) is 29.0 Å². The Hall–Kier alpha value is -2.61. The van der Waals surface area contributed by atoms with Crippen LogP contribution in [0.2, 0.25) is 0 Å². The van der Waals surface area contributed by atoms with Crippen LogP contribution in [0.1, 0.15) is 12.8 Å². The van der Waals surface area contributed by atoms with Gasteiger partial charge < -0.3 is 10.2 Å². The minimum Gasteiger partial charge on any atom is -0.347 e. The number of nitrogens with zero attached hydrogens (tertiary/aromatic N) is 3. The number of pyridine rings is 1. The van der Waals surface area contributed by atoms with Crippen LogP contribution in [0.5, 0.6) is 0 Å². The van der Waals surface area contributed by atoms with Crippen molar-refractivity contribution in [3.05, 3.63) is 48.2 Å². The van der Waals surface area contributed by atoms with E-state index in [2.05, 4.69) is 20.2 Å². The second-order valence-corrected chi connectivity index (χ2v) is 7.18. The van der Waals surface area contributed by atoms with Crippen molar-refractivity contribution in [3.63, 3.8) is 0 Å². The predicted molar refractivity (Wildman–Crippen MR) is 97.3 cm³/mol. The molecule has 1 unspecified atom stereocenters. The molecule has 26 heavy (non-hydrogen) atoms. The average molecular weight is 374 g/mol. The van der Waals surface area contributed by atoms with Gasteiger partial charge in [-0.2, -0.15) is 0 Å². The Morgan fingerprint density at radius 3 is 3.04 bits per heavy atom. The van der Waals surface area contributed by atoms with Crippen LogP contribution in [-0.2, 0) is 4.79 Å². The highest BCUT2D eigenvalue weighted by Gasteiger charge is 2.28. The summed E-state index contributed by atoms with van der Waals surface area (Å²) in [5.41, 5.74) is 0.706. The standard InChI is InChI=1S/C18H16F2N4OS/c19-12-5-6-13(20)15(9-12)22-16(25)11-3-2-8-24(10-11)18-23-14-4-1-7-21-17(14)26-18/h1,4-7,9,11H,2-3,8,10H2,(H,22,25). The van der Waals surface area contributed by atoms with E-state index < -0.39 is 11.6 Å². The number of nitrogens with one attached hydrogen (secondary N) is 1. The van der Waals surface area contributed by atoms with Gasteiger partial charge in [0.25, 0.3) is 0 Å². The summed E-state index contributed by atoms with van der Waals surface area (Å²) >= 11 is 1.49. The number of aromatic nitrogens is 2. The molecule has 0 aliphatic carbocycles. The number of hydrogen-bond acceptors (Lipinski definition) is 5. The Bertz CT molecular complexity index is 928. The first-order valence-corrected chi connectivity index (χ1v) is 9.14. The monoisotopic (exact) mass is 374 g/mol. The van der Waals surface area contributed by atoms with E-state index in [0.717, 1.165) is 46.6 Å². The summed E-state index contributed by atoms with van der Waals surface area (Å²) in [5.74, 6) is -1.86. The summed E-state index contributed by atoms with van der Waals surface area (Å²) in [7, 11) is 0. The first kappa shape index (κ1) is 16.8. The van der Waals surface area contributed by atoms with Gasteiger partial charge in [0.05, 0.1) is 11.6 Å². The zero-order valence-corrected chi connectivity index (χ0v) is 14.6. The highest BCUT2D eigenvalue weighted by atomic mass is 32.1. The number of piperidine rings is 1. The van der Waals surface area contributed by atoms with Crippen LogP contribution >= 0.6 is 11.3 Å². The lowest BCUT2D eigenvalue weighted by Crippen LogP contribution is -2.40. The van der Waals surface area contributed by atoms with E-state index in [4.69, 9.17) is 0 Å². The molecule has 0 radical (unpaired) electrons. The molecule has 1 aliphatic rings. The number of carbonyl (C=O) groups is 1. The van der Waals surface area contributed by atoms with Gasteiger partial charge in [-0.05, 0) is 37.1 Å². The van der Waals surface area contributed by atoms with Crippen molar-refractivity contribution in [1.82, 2.24) is 9.97 Å². The summed E-state index contributed by atoms with van der Waals surface area (Å²) in [6.07, 6.45) is 3.25. The highest BCUT2D eigenvalue weighted by Crippen LogP contribution is 2.30. The second-order valence-electron chi connectivity index (χ2n) is 6.22. The molecule has 4 rings (SSSR count). The quantitative estimate of drug-likeness (QED) is 0.757. The number of amides is 1. The van der Waals surface area contributed by atoms with E-state index in [0.29, 0.717) is 13.0 Å². The number of thiazole rings is 1. The molecule has 0 bridgehead atoms.